The van der Waals surface area contributed by atoms with Gasteiger partial charge in [-0.15, -0.1) is 0 Å². The lowest BCUT2D eigenvalue weighted by Crippen LogP contribution is -2.29. The Labute approximate surface area is 127 Å². The van der Waals surface area contributed by atoms with E-state index in [1.807, 2.05) is 17.9 Å². The van der Waals surface area contributed by atoms with E-state index < -0.39 is 0 Å². The molecule has 1 aliphatic rings. The second-order valence-corrected chi connectivity index (χ2v) is 5.66. The third-order valence-electron chi connectivity index (χ3n) is 3.80. The van der Waals surface area contributed by atoms with Crippen LogP contribution in [0.2, 0.25) is 0 Å². The second-order valence-electron chi connectivity index (χ2n) is 5.29. The summed E-state index contributed by atoms with van der Waals surface area (Å²) < 4.78 is 10.8. The van der Waals surface area contributed by atoms with Crippen molar-refractivity contribution in [1.82, 2.24) is 9.88 Å². The first-order chi connectivity index (χ1) is 10.2. The van der Waals surface area contributed by atoms with E-state index >= 15 is 0 Å². The summed E-state index contributed by atoms with van der Waals surface area (Å²) in [7, 11) is 0. The first-order valence-corrected chi connectivity index (χ1v) is 7.58. The Balaban J connectivity index is 1.73. The van der Waals surface area contributed by atoms with E-state index in [-0.39, 0.29) is 5.91 Å². The quantitative estimate of drug-likeness (QED) is 0.882. The number of ether oxygens (including phenoxy) is 1. The number of amides is 1. The highest BCUT2D eigenvalue weighted by atomic mass is 32.1. The summed E-state index contributed by atoms with van der Waals surface area (Å²) >= 11 is 4.95. The van der Waals surface area contributed by atoms with E-state index in [1.165, 1.54) is 0 Å². The van der Waals surface area contributed by atoms with Gasteiger partial charge in [0.25, 0.3) is 10.7 Å². The Morgan fingerprint density at radius 3 is 3.24 bits per heavy atom. The van der Waals surface area contributed by atoms with Gasteiger partial charge in [-0.1, -0.05) is 0 Å². The van der Waals surface area contributed by atoms with Gasteiger partial charge in [-0.05, 0) is 43.8 Å². The van der Waals surface area contributed by atoms with Crippen LogP contribution in [0.3, 0.4) is 0 Å². The molecule has 1 fully saturated rings. The van der Waals surface area contributed by atoms with Crippen LogP contribution in [-0.4, -0.2) is 42.1 Å². The molecule has 21 heavy (non-hydrogen) atoms. The summed E-state index contributed by atoms with van der Waals surface area (Å²) in [6.45, 7) is 4.98. The zero-order chi connectivity index (χ0) is 14.8. The number of carbonyl (C=O) groups excluding carboxylic acids is 1. The molecule has 0 bridgehead atoms. The lowest BCUT2D eigenvalue weighted by atomic mass is 10.1. The Morgan fingerprint density at radius 1 is 1.57 bits per heavy atom. The third-order valence-corrected chi connectivity index (χ3v) is 3.98. The number of likely N-dealkylation sites (tertiary alicyclic amines) is 1. The van der Waals surface area contributed by atoms with E-state index in [4.69, 9.17) is 21.4 Å². The fraction of sp³-hybridized carbons (Fsp3) is 0.467. The minimum atomic E-state index is 0.0400. The molecule has 2 heterocycles. The summed E-state index contributed by atoms with van der Waals surface area (Å²) in [6, 6.07) is 5.39. The highest BCUT2D eigenvalue weighted by Gasteiger charge is 2.27. The number of aromatic amines is 1. The van der Waals surface area contributed by atoms with Gasteiger partial charge in [-0.25, -0.2) is 0 Å². The van der Waals surface area contributed by atoms with Gasteiger partial charge in [0.15, 0.2) is 5.58 Å². The van der Waals surface area contributed by atoms with Gasteiger partial charge in [0.05, 0.1) is 12.1 Å². The van der Waals surface area contributed by atoms with E-state index in [2.05, 4.69) is 4.98 Å². The van der Waals surface area contributed by atoms with Gasteiger partial charge >= 0.3 is 0 Å². The molecule has 1 aromatic heterocycles. The van der Waals surface area contributed by atoms with Crippen molar-refractivity contribution in [2.45, 2.75) is 13.3 Å². The number of rotatable bonds is 4. The van der Waals surface area contributed by atoms with Crippen molar-refractivity contribution in [2.75, 3.05) is 26.3 Å². The third kappa shape index (κ3) is 3.01. The molecule has 112 valence electrons. The molecule has 1 amide bonds. The van der Waals surface area contributed by atoms with Gasteiger partial charge < -0.3 is 19.0 Å². The Bertz CT molecular complexity index is 706. The number of H-pyrrole nitrogens is 1. The first kappa shape index (κ1) is 14.3. The van der Waals surface area contributed by atoms with Crippen molar-refractivity contribution in [3.63, 3.8) is 0 Å². The Morgan fingerprint density at radius 2 is 2.43 bits per heavy atom. The fourth-order valence-corrected chi connectivity index (χ4v) is 2.90. The number of carbonyl (C=O) groups is 1. The van der Waals surface area contributed by atoms with Crippen LogP contribution in [0, 0.1) is 10.8 Å². The zero-order valence-corrected chi connectivity index (χ0v) is 12.7. The molecule has 1 atom stereocenters. The predicted molar refractivity (Wildman–Crippen MR) is 81.9 cm³/mol. The SMILES string of the molecule is CCOC[C@@H]1CCN(C(=O)c2ccc3[nH]c(=S)oc3c2)C1. The zero-order valence-electron chi connectivity index (χ0n) is 11.9. The van der Waals surface area contributed by atoms with Crippen molar-refractivity contribution < 1.29 is 13.9 Å². The molecule has 0 radical (unpaired) electrons. The lowest BCUT2D eigenvalue weighted by Gasteiger charge is -2.16. The van der Waals surface area contributed by atoms with Crippen molar-refractivity contribution in [3.8, 4) is 0 Å². The molecule has 2 aromatic rings. The molecule has 1 saturated heterocycles. The minimum absolute atomic E-state index is 0.0400. The first-order valence-electron chi connectivity index (χ1n) is 7.17. The lowest BCUT2D eigenvalue weighted by molar-refractivity contribution is 0.0763. The van der Waals surface area contributed by atoms with Crippen LogP contribution in [0.15, 0.2) is 22.6 Å². The molecule has 6 heteroatoms. The predicted octanol–water partition coefficient (Wildman–Crippen LogP) is 2.99. The summed E-state index contributed by atoms with van der Waals surface area (Å²) in [6.07, 6.45) is 0.999. The van der Waals surface area contributed by atoms with Crippen LogP contribution in [0.4, 0.5) is 0 Å². The van der Waals surface area contributed by atoms with E-state index in [9.17, 15) is 4.79 Å². The van der Waals surface area contributed by atoms with E-state index in [0.29, 0.717) is 21.9 Å². The number of fused-ring (bicyclic) bond motifs is 1. The normalized spacial score (nSPS) is 18.5. The number of nitrogens with zero attached hydrogens (tertiary/aromatic N) is 1. The Kier molecular flexibility index (Phi) is 4.07. The van der Waals surface area contributed by atoms with Gasteiger partial charge in [0, 0.05) is 31.2 Å². The second kappa shape index (κ2) is 5.99. The molecule has 0 unspecified atom stereocenters. The molecule has 5 nitrogen and oxygen atoms in total. The maximum absolute atomic E-state index is 12.5. The van der Waals surface area contributed by atoms with Crippen LogP contribution in [0.25, 0.3) is 11.1 Å². The average Bonchev–Trinajstić information content (AvgIpc) is 3.08. The molecular formula is C15H18N2O3S. The standard InChI is InChI=1S/C15H18N2O3S/c1-2-19-9-10-5-6-17(8-10)14(18)11-3-4-12-13(7-11)20-15(21)16-12/h3-4,7,10H,2,5-6,8-9H2,1H3,(H,16,21)/t10-/m1/s1. The van der Waals surface area contributed by atoms with Crippen LogP contribution in [-0.2, 0) is 4.74 Å². The van der Waals surface area contributed by atoms with Crippen LogP contribution < -0.4 is 0 Å². The van der Waals surface area contributed by atoms with Crippen molar-refractivity contribution in [1.29, 1.82) is 0 Å². The Hall–Kier alpha value is -1.66. The highest BCUT2D eigenvalue weighted by Crippen LogP contribution is 2.21. The van der Waals surface area contributed by atoms with Gasteiger partial charge in [-0.2, -0.15) is 0 Å². The van der Waals surface area contributed by atoms with Crippen LogP contribution in [0.5, 0.6) is 0 Å². The highest BCUT2D eigenvalue weighted by molar-refractivity contribution is 7.71. The number of nitrogens with one attached hydrogen (secondary N) is 1. The molecular weight excluding hydrogens is 288 g/mol. The number of hydrogen-bond donors (Lipinski definition) is 1. The summed E-state index contributed by atoms with van der Waals surface area (Å²) in [4.78, 5) is 17.7. The van der Waals surface area contributed by atoms with Gasteiger partial charge in [0.2, 0.25) is 0 Å². The molecule has 1 N–H and O–H groups in total. The van der Waals surface area contributed by atoms with E-state index in [0.717, 1.165) is 38.2 Å². The molecule has 1 aromatic carbocycles. The monoisotopic (exact) mass is 306 g/mol. The van der Waals surface area contributed by atoms with Gasteiger partial charge in [0.1, 0.15) is 0 Å². The molecule has 3 rings (SSSR count). The van der Waals surface area contributed by atoms with Gasteiger partial charge in [-0.3, -0.25) is 4.79 Å². The van der Waals surface area contributed by atoms with Crippen LogP contribution >= 0.6 is 12.2 Å². The number of aromatic nitrogens is 1. The fourth-order valence-electron chi connectivity index (χ4n) is 2.70. The minimum Gasteiger partial charge on any atom is -0.429 e. The maximum Gasteiger partial charge on any atom is 0.266 e. The summed E-state index contributed by atoms with van der Waals surface area (Å²) in [5.74, 6) is 0.479. The number of hydrogen-bond acceptors (Lipinski definition) is 4. The molecule has 0 saturated carbocycles. The van der Waals surface area contributed by atoms with Crippen molar-refractivity contribution >= 4 is 29.2 Å². The van der Waals surface area contributed by atoms with Crippen molar-refractivity contribution in [2.24, 2.45) is 5.92 Å². The largest absolute Gasteiger partial charge is 0.429 e. The summed E-state index contributed by atoms with van der Waals surface area (Å²) in [5, 5.41) is 0. The number of benzene rings is 1. The summed E-state index contributed by atoms with van der Waals surface area (Å²) in [5.41, 5.74) is 2.07. The van der Waals surface area contributed by atoms with Crippen molar-refractivity contribution in [3.05, 3.63) is 28.6 Å². The molecule has 1 aliphatic heterocycles. The topological polar surface area (TPSA) is 58.5 Å². The molecule has 0 spiro atoms. The smallest absolute Gasteiger partial charge is 0.266 e. The number of oxazole rings is 1. The van der Waals surface area contributed by atoms with E-state index in [1.54, 1.807) is 12.1 Å². The van der Waals surface area contributed by atoms with Crippen LogP contribution in [0.1, 0.15) is 23.7 Å². The molecule has 0 aliphatic carbocycles. The maximum atomic E-state index is 12.5. The average molecular weight is 306 g/mol.